The van der Waals surface area contributed by atoms with Crippen molar-refractivity contribution in [3.63, 3.8) is 0 Å². The SMILES string of the molecule is Cl.Cl.OC1(c2ccc(-c3ccc(C4(O)CN(CCBr)CCO4)cc3)cc2)CN(CCBr)CCO1. The first kappa shape index (κ1) is 30.0. The minimum atomic E-state index is -1.29. The minimum absolute atomic E-state index is 0. The first-order valence-electron chi connectivity index (χ1n) is 11.0. The fourth-order valence-corrected chi connectivity index (χ4v) is 5.36. The lowest BCUT2D eigenvalue weighted by Gasteiger charge is -2.39. The molecule has 0 saturated carbocycles. The van der Waals surface area contributed by atoms with Gasteiger partial charge in [0.2, 0.25) is 11.6 Å². The lowest BCUT2D eigenvalue weighted by atomic mass is 9.96. The van der Waals surface area contributed by atoms with Crippen LogP contribution in [-0.4, -0.2) is 83.2 Å². The highest BCUT2D eigenvalue weighted by Crippen LogP contribution is 2.32. The zero-order chi connectivity index (χ0) is 22.6. The number of alkyl halides is 2. The third-order valence-corrected chi connectivity index (χ3v) is 6.89. The van der Waals surface area contributed by atoms with Gasteiger partial charge in [-0.25, -0.2) is 0 Å². The van der Waals surface area contributed by atoms with Gasteiger partial charge in [0.25, 0.3) is 0 Å². The van der Waals surface area contributed by atoms with E-state index in [9.17, 15) is 10.2 Å². The normalized spacial score (nSPS) is 25.9. The summed E-state index contributed by atoms with van der Waals surface area (Å²) in [6.45, 7) is 5.31. The molecular weight excluding hydrogens is 611 g/mol. The van der Waals surface area contributed by atoms with Crippen molar-refractivity contribution in [2.24, 2.45) is 0 Å². The molecular formula is C24H32Br2Cl2N2O4. The van der Waals surface area contributed by atoms with Gasteiger partial charge in [0, 0.05) is 48.0 Å². The first-order chi connectivity index (χ1) is 15.5. The van der Waals surface area contributed by atoms with Crippen molar-refractivity contribution in [2.75, 3.05) is 63.1 Å². The van der Waals surface area contributed by atoms with Crippen LogP contribution in [0.25, 0.3) is 11.1 Å². The van der Waals surface area contributed by atoms with Crippen molar-refractivity contribution in [2.45, 2.75) is 11.6 Å². The number of rotatable bonds is 7. The number of hydrogen-bond acceptors (Lipinski definition) is 6. The van der Waals surface area contributed by atoms with Crippen LogP contribution in [0.3, 0.4) is 0 Å². The lowest BCUT2D eigenvalue weighted by Crippen LogP contribution is -2.50. The van der Waals surface area contributed by atoms with Crippen molar-refractivity contribution in [1.29, 1.82) is 0 Å². The molecule has 2 atom stereocenters. The van der Waals surface area contributed by atoms with Crippen LogP contribution < -0.4 is 0 Å². The second kappa shape index (κ2) is 13.3. The summed E-state index contributed by atoms with van der Waals surface area (Å²) in [5.74, 6) is -2.57. The van der Waals surface area contributed by atoms with Gasteiger partial charge in [-0.1, -0.05) is 80.4 Å². The summed E-state index contributed by atoms with van der Waals surface area (Å²) < 4.78 is 11.5. The van der Waals surface area contributed by atoms with Gasteiger partial charge in [0.15, 0.2) is 0 Å². The summed E-state index contributed by atoms with van der Waals surface area (Å²) in [5, 5.41) is 23.8. The number of nitrogens with zero attached hydrogens (tertiary/aromatic N) is 2. The van der Waals surface area contributed by atoms with Crippen molar-refractivity contribution < 1.29 is 19.7 Å². The van der Waals surface area contributed by atoms with E-state index in [-0.39, 0.29) is 24.8 Å². The summed E-state index contributed by atoms with van der Waals surface area (Å²) in [4.78, 5) is 4.39. The summed E-state index contributed by atoms with van der Waals surface area (Å²) in [5.41, 5.74) is 3.59. The number of halogens is 4. The van der Waals surface area contributed by atoms with E-state index >= 15 is 0 Å². The monoisotopic (exact) mass is 640 g/mol. The van der Waals surface area contributed by atoms with Gasteiger partial charge in [-0.15, -0.1) is 24.8 Å². The van der Waals surface area contributed by atoms with Crippen molar-refractivity contribution in [3.05, 3.63) is 59.7 Å². The van der Waals surface area contributed by atoms with Crippen LogP contribution in [-0.2, 0) is 21.0 Å². The van der Waals surface area contributed by atoms with Crippen molar-refractivity contribution >= 4 is 56.7 Å². The van der Waals surface area contributed by atoms with E-state index in [4.69, 9.17) is 9.47 Å². The predicted octanol–water partition coefficient (Wildman–Crippen LogP) is 3.94. The number of hydrogen-bond donors (Lipinski definition) is 2. The average Bonchev–Trinajstić information content (AvgIpc) is 2.80. The zero-order valence-corrected chi connectivity index (χ0v) is 23.7. The number of morpholine rings is 2. The van der Waals surface area contributed by atoms with Crippen LogP contribution in [0.1, 0.15) is 11.1 Å². The van der Waals surface area contributed by atoms with E-state index in [1.54, 1.807) is 0 Å². The molecule has 6 nitrogen and oxygen atoms in total. The molecule has 2 aliphatic rings. The number of β-amino-alcohol motifs (C(OH)–C–C–N with tert-alkyl or cyclic N) is 2. The number of ether oxygens (including phenoxy) is 2. The van der Waals surface area contributed by atoms with Crippen LogP contribution in [0.15, 0.2) is 48.5 Å². The molecule has 0 spiro atoms. The Kier molecular flexibility index (Phi) is 11.8. The average molecular weight is 643 g/mol. The standard InChI is InChI=1S/C24H30Br2N2O4.2ClH/c25-9-11-27-13-15-31-23(29,17-27)21-5-1-19(2-6-21)20-3-7-22(8-4-20)24(30)18-28(12-10-26)14-16-32-24;;/h1-8,29-30H,9-18H2;2*1H. The largest absolute Gasteiger partial charge is 0.361 e. The van der Waals surface area contributed by atoms with Gasteiger partial charge in [0.05, 0.1) is 26.3 Å². The molecule has 0 aromatic heterocycles. The lowest BCUT2D eigenvalue weighted by molar-refractivity contribution is -0.247. The van der Waals surface area contributed by atoms with Crippen LogP contribution >= 0.6 is 56.7 Å². The first-order valence-corrected chi connectivity index (χ1v) is 13.2. The molecule has 2 fully saturated rings. The number of benzene rings is 2. The molecule has 2 aromatic carbocycles. The van der Waals surface area contributed by atoms with E-state index in [0.29, 0.717) is 26.3 Å². The second-order valence-corrected chi connectivity index (χ2v) is 9.94. The Morgan fingerprint density at radius 1 is 0.676 bits per heavy atom. The summed E-state index contributed by atoms with van der Waals surface area (Å²) >= 11 is 6.93. The Labute approximate surface area is 230 Å². The molecule has 0 amide bonds. The van der Waals surface area contributed by atoms with Crippen LogP contribution in [0.5, 0.6) is 0 Å². The molecule has 2 N–H and O–H groups in total. The van der Waals surface area contributed by atoms with E-state index in [0.717, 1.165) is 59.1 Å². The second-order valence-electron chi connectivity index (χ2n) is 8.35. The Morgan fingerprint density at radius 3 is 1.35 bits per heavy atom. The smallest absolute Gasteiger partial charge is 0.205 e. The highest BCUT2D eigenvalue weighted by molar-refractivity contribution is 9.09. The van der Waals surface area contributed by atoms with E-state index in [1.807, 2.05) is 48.5 Å². The maximum Gasteiger partial charge on any atom is 0.205 e. The van der Waals surface area contributed by atoms with E-state index in [1.165, 1.54) is 0 Å². The molecule has 2 saturated heterocycles. The van der Waals surface area contributed by atoms with Gasteiger partial charge in [0.1, 0.15) is 0 Å². The molecule has 2 aromatic rings. The van der Waals surface area contributed by atoms with E-state index in [2.05, 4.69) is 41.7 Å². The Hall–Kier alpha value is -0.260. The third kappa shape index (κ3) is 6.94. The molecule has 4 rings (SSSR count). The molecule has 0 radical (unpaired) electrons. The predicted molar refractivity (Wildman–Crippen MR) is 147 cm³/mol. The van der Waals surface area contributed by atoms with Gasteiger partial charge < -0.3 is 19.7 Å². The van der Waals surface area contributed by atoms with Gasteiger partial charge >= 0.3 is 0 Å². The summed E-state index contributed by atoms with van der Waals surface area (Å²) in [6.07, 6.45) is 0. The zero-order valence-electron chi connectivity index (χ0n) is 18.9. The summed E-state index contributed by atoms with van der Waals surface area (Å²) in [6, 6.07) is 15.7. The molecule has 2 unspecified atom stereocenters. The van der Waals surface area contributed by atoms with Crippen molar-refractivity contribution in [1.82, 2.24) is 9.80 Å². The molecule has 0 bridgehead atoms. The summed E-state index contributed by atoms with van der Waals surface area (Å²) in [7, 11) is 0. The highest BCUT2D eigenvalue weighted by Gasteiger charge is 2.37. The number of aliphatic hydroxyl groups is 2. The van der Waals surface area contributed by atoms with Crippen LogP contribution in [0.2, 0.25) is 0 Å². The quantitative estimate of drug-likeness (QED) is 0.447. The molecule has 34 heavy (non-hydrogen) atoms. The third-order valence-electron chi connectivity index (χ3n) is 6.18. The van der Waals surface area contributed by atoms with Crippen LogP contribution in [0, 0.1) is 0 Å². The Morgan fingerprint density at radius 2 is 1.03 bits per heavy atom. The van der Waals surface area contributed by atoms with Gasteiger partial charge in [-0.2, -0.15) is 0 Å². The van der Waals surface area contributed by atoms with Gasteiger partial charge in [-0.3, -0.25) is 9.80 Å². The highest BCUT2D eigenvalue weighted by atomic mass is 79.9. The fraction of sp³-hybridized carbons (Fsp3) is 0.500. The maximum atomic E-state index is 11.0. The van der Waals surface area contributed by atoms with Crippen LogP contribution in [0.4, 0.5) is 0 Å². The Balaban J connectivity index is 0.00000204. The van der Waals surface area contributed by atoms with E-state index < -0.39 is 11.6 Å². The topological polar surface area (TPSA) is 65.4 Å². The molecule has 0 aliphatic carbocycles. The minimum Gasteiger partial charge on any atom is -0.361 e. The Bertz CT molecular complexity index is 816. The maximum absolute atomic E-state index is 11.0. The van der Waals surface area contributed by atoms with Gasteiger partial charge in [-0.05, 0) is 11.1 Å². The fourth-order valence-electron chi connectivity index (χ4n) is 4.36. The molecule has 190 valence electrons. The molecule has 2 heterocycles. The molecule has 2 aliphatic heterocycles. The molecule has 10 heteroatoms. The van der Waals surface area contributed by atoms with Crippen molar-refractivity contribution in [3.8, 4) is 11.1 Å².